The number of aliphatic carboxylic acids is 1. The minimum Gasteiger partial charge on any atom is -0.479 e. The van der Waals surface area contributed by atoms with Gasteiger partial charge in [-0.05, 0) is 18.6 Å². The normalized spacial score (nSPS) is 20.7. The molecule has 0 spiro atoms. The Morgan fingerprint density at radius 2 is 1.73 bits per heavy atom. The van der Waals surface area contributed by atoms with Crippen molar-refractivity contribution in [2.45, 2.75) is 79.8 Å². The fraction of sp³-hybridized carbons (Fsp3) is 0.650. The quantitative estimate of drug-likeness (QED) is 0.725. The molecular weight excluding hydrogens is 334 g/mol. The molecule has 1 aromatic rings. The first-order chi connectivity index (χ1) is 12.5. The topological polar surface area (TPSA) is 88.0 Å². The molecule has 2 rings (SSSR count). The van der Waals surface area contributed by atoms with Gasteiger partial charge < -0.3 is 25.0 Å². The van der Waals surface area contributed by atoms with Gasteiger partial charge in [0.05, 0.1) is 6.10 Å². The lowest BCUT2D eigenvalue weighted by molar-refractivity contribution is -0.195. The standard InChI is InChI=1S/C14H19NO5.3C2H6/c1-8-3-4-10(7-11(8)15-2)19-13-6-9(16)5-12(20-13)14(17)18;3*1-2/h3-4,7,9,12-13,15-16H,5-6H2,1-2H3,(H,17,18);3*1-2H3. The third-order valence-corrected chi connectivity index (χ3v) is 3.29. The third-order valence-electron chi connectivity index (χ3n) is 3.29. The molecule has 0 bridgehead atoms. The smallest absolute Gasteiger partial charge is 0.333 e. The van der Waals surface area contributed by atoms with Crippen molar-refractivity contribution in [1.82, 2.24) is 0 Å². The largest absolute Gasteiger partial charge is 0.479 e. The van der Waals surface area contributed by atoms with E-state index in [9.17, 15) is 9.90 Å². The molecule has 1 fully saturated rings. The summed E-state index contributed by atoms with van der Waals surface area (Å²) in [5.74, 6) is -0.514. The van der Waals surface area contributed by atoms with Gasteiger partial charge in [0, 0.05) is 31.6 Å². The molecule has 0 radical (unpaired) electrons. The van der Waals surface area contributed by atoms with Crippen LogP contribution in [0.5, 0.6) is 5.75 Å². The number of aryl methyl sites for hydroxylation is 1. The Balaban J connectivity index is 0. The Morgan fingerprint density at radius 1 is 1.15 bits per heavy atom. The molecule has 0 saturated carbocycles. The minimum atomic E-state index is -1.09. The second kappa shape index (κ2) is 15.5. The van der Waals surface area contributed by atoms with Gasteiger partial charge in [0.15, 0.2) is 6.10 Å². The second-order valence-corrected chi connectivity index (χ2v) is 4.86. The molecule has 152 valence electrons. The van der Waals surface area contributed by atoms with Crippen molar-refractivity contribution in [2.75, 3.05) is 12.4 Å². The van der Waals surface area contributed by atoms with Crippen LogP contribution in [0, 0.1) is 6.92 Å². The molecule has 6 nitrogen and oxygen atoms in total. The van der Waals surface area contributed by atoms with Gasteiger partial charge in [-0.15, -0.1) is 0 Å². The average molecular weight is 372 g/mol. The van der Waals surface area contributed by atoms with Crippen LogP contribution in [0.1, 0.15) is 59.9 Å². The number of benzene rings is 1. The maximum Gasteiger partial charge on any atom is 0.333 e. The van der Waals surface area contributed by atoms with Crippen LogP contribution < -0.4 is 10.1 Å². The molecule has 1 heterocycles. The second-order valence-electron chi connectivity index (χ2n) is 4.86. The Kier molecular flexibility index (Phi) is 15.7. The van der Waals surface area contributed by atoms with Crippen molar-refractivity contribution < 1.29 is 24.5 Å². The SMILES string of the molecule is CC.CC.CC.CNc1cc(OC2CC(O)CC(C(=O)O)O2)ccc1C. The molecule has 3 unspecified atom stereocenters. The van der Waals surface area contributed by atoms with E-state index in [2.05, 4.69) is 5.32 Å². The maximum atomic E-state index is 10.9. The summed E-state index contributed by atoms with van der Waals surface area (Å²) in [6, 6.07) is 5.50. The molecule has 0 amide bonds. The van der Waals surface area contributed by atoms with Crippen LogP contribution in [0.2, 0.25) is 0 Å². The molecule has 3 atom stereocenters. The molecule has 1 aliphatic rings. The van der Waals surface area contributed by atoms with E-state index >= 15 is 0 Å². The van der Waals surface area contributed by atoms with Crippen molar-refractivity contribution in [3.63, 3.8) is 0 Å². The van der Waals surface area contributed by atoms with Crippen LogP contribution in [0.25, 0.3) is 0 Å². The monoisotopic (exact) mass is 371 g/mol. The van der Waals surface area contributed by atoms with E-state index in [1.54, 1.807) is 6.07 Å². The summed E-state index contributed by atoms with van der Waals surface area (Å²) in [7, 11) is 1.81. The Bertz CT molecular complexity index is 493. The van der Waals surface area contributed by atoms with E-state index < -0.39 is 24.5 Å². The molecule has 1 aromatic carbocycles. The number of rotatable bonds is 4. The highest BCUT2D eigenvalue weighted by Crippen LogP contribution is 2.26. The molecule has 6 heteroatoms. The van der Waals surface area contributed by atoms with Crippen LogP contribution in [-0.2, 0) is 9.53 Å². The zero-order valence-corrected chi connectivity index (χ0v) is 17.5. The number of aliphatic hydroxyl groups excluding tert-OH is 1. The lowest BCUT2D eigenvalue weighted by Crippen LogP contribution is -2.42. The number of carbonyl (C=O) groups is 1. The highest BCUT2D eigenvalue weighted by atomic mass is 16.7. The van der Waals surface area contributed by atoms with Gasteiger partial charge in [0.25, 0.3) is 0 Å². The van der Waals surface area contributed by atoms with Gasteiger partial charge in [0.1, 0.15) is 5.75 Å². The molecular formula is C20H37NO5. The molecule has 1 aliphatic heterocycles. The first-order valence-corrected chi connectivity index (χ1v) is 9.51. The van der Waals surface area contributed by atoms with Crippen molar-refractivity contribution in [3.05, 3.63) is 23.8 Å². The number of aliphatic hydroxyl groups is 1. The maximum absolute atomic E-state index is 10.9. The van der Waals surface area contributed by atoms with E-state index in [0.29, 0.717) is 5.75 Å². The fourth-order valence-electron chi connectivity index (χ4n) is 2.19. The number of hydrogen-bond donors (Lipinski definition) is 3. The van der Waals surface area contributed by atoms with Gasteiger partial charge in [-0.25, -0.2) is 4.79 Å². The summed E-state index contributed by atoms with van der Waals surface area (Å²) in [6.45, 7) is 14.0. The van der Waals surface area contributed by atoms with Gasteiger partial charge >= 0.3 is 5.97 Å². The minimum absolute atomic E-state index is 0.0882. The van der Waals surface area contributed by atoms with E-state index in [-0.39, 0.29) is 12.8 Å². The van der Waals surface area contributed by atoms with Crippen LogP contribution in [0.3, 0.4) is 0 Å². The number of nitrogens with one attached hydrogen (secondary N) is 1. The zero-order chi connectivity index (χ0) is 20.7. The summed E-state index contributed by atoms with van der Waals surface area (Å²) in [5, 5.41) is 21.7. The number of anilines is 1. The van der Waals surface area contributed by atoms with Crippen LogP contribution in [0.4, 0.5) is 5.69 Å². The van der Waals surface area contributed by atoms with Gasteiger partial charge in [-0.2, -0.15) is 0 Å². The van der Waals surface area contributed by atoms with E-state index in [0.717, 1.165) is 11.3 Å². The number of carboxylic acids is 1. The molecule has 1 saturated heterocycles. The van der Waals surface area contributed by atoms with Crippen LogP contribution in [-0.4, -0.2) is 41.7 Å². The Morgan fingerprint density at radius 3 is 2.23 bits per heavy atom. The highest BCUT2D eigenvalue weighted by Gasteiger charge is 2.33. The molecule has 0 aliphatic carbocycles. The lowest BCUT2D eigenvalue weighted by Gasteiger charge is -2.31. The van der Waals surface area contributed by atoms with Gasteiger partial charge in [-0.3, -0.25) is 0 Å². The molecule has 3 N–H and O–H groups in total. The third kappa shape index (κ3) is 9.06. The summed E-state index contributed by atoms with van der Waals surface area (Å²) in [4.78, 5) is 10.9. The van der Waals surface area contributed by atoms with E-state index in [1.165, 1.54) is 0 Å². The lowest BCUT2D eigenvalue weighted by atomic mass is 10.1. The predicted molar refractivity (Wildman–Crippen MR) is 107 cm³/mol. The van der Waals surface area contributed by atoms with Crippen LogP contribution >= 0.6 is 0 Å². The summed E-state index contributed by atoms with van der Waals surface area (Å²) < 4.78 is 10.9. The average Bonchev–Trinajstić information content (AvgIpc) is 2.67. The highest BCUT2D eigenvalue weighted by molar-refractivity contribution is 5.72. The van der Waals surface area contributed by atoms with Gasteiger partial charge in [-0.1, -0.05) is 47.6 Å². The Labute approximate surface area is 158 Å². The first-order valence-electron chi connectivity index (χ1n) is 9.51. The van der Waals surface area contributed by atoms with E-state index in [4.69, 9.17) is 14.6 Å². The Hall–Kier alpha value is -1.79. The van der Waals surface area contributed by atoms with E-state index in [1.807, 2.05) is 67.6 Å². The fourth-order valence-corrected chi connectivity index (χ4v) is 2.19. The van der Waals surface area contributed by atoms with Crippen LogP contribution in [0.15, 0.2) is 18.2 Å². The van der Waals surface area contributed by atoms with Crippen molar-refractivity contribution in [2.24, 2.45) is 0 Å². The van der Waals surface area contributed by atoms with Gasteiger partial charge in [0.2, 0.25) is 6.29 Å². The first kappa shape index (κ1) is 26.4. The number of carboxylic acid groups (broad SMARTS) is 1. The molecule has 26 heavy (non-hydrogen) atoms. The number of ether oxygens (including phenoxy) is 2. The zero-order valence-electron chi connectivity index (χ0n) is 17.5. The predicted octanol–water partition coefficient (Wildman–Crippen LogP) is 4.44. The van der Waals surface area contributed by atoms with Crippen molar-refractivity contribution in [3.8, 4) is 5.75 Å². The summed E-state index contributed by atoms with van der Waals surface area (Å²) in [6.07, 6.45) is -2.17. The van der Waals surface area contributed by atoms with Crippen molar-refractivity contribution in [1.29, 1.82) is 0 Å². The molecule has 0 aromatic heterocycles. The summed E-state index contributed by atoms with van der Waals surface area (Å²) in [5.41, 5.74) is 2.00. The number of hydrogen-bond acceptors (Lipinski definition) is 5. The van der Waals surface area contributed by atoms with Crippen molar-refractivity contribution >= 4 is 11.7 Å². The summed E-state index contributed by atoms with van der Waals surface area (Å²) >= 11 is 0.